The smallest absolute Gasteiger partial charge is 0.258 e. The molecule has 152 valence electrons. The molecule has 0 spiro atoms. The van der Waals surface area contributed by atoms with Crippen molar-refractivity contribution in [2.24, 2.45) is 0 Å². The van der Waals surface area contributed by atoms with E-state index < -0.39 is 0 Å². The van der Waals surface area contributed by atoms with Crippen LogP contribution in [0.15, 0.2) is 59.2 Å². The van der Waals surface area contributed by atoms with Crippen molar-refractivity contribution < 1.29 is 4.79 Å². The number of halogens is 2. The molecule has 0 radical (unpaired) electrons. The van der Waals surface area contributed by atoms with E-state index in [4.69, 9.17) is 11.6 Å². The summed E-state index contributed by atoms with van der Waals surface area (Å²) >= 11 is 10.1. The van der Waals surface area contributed by atoms with Crippen molar-refractivity contribution in [2.45, 2.75) is 26.7 Å². The predicted molar refractivity (Wildman–Crippen MR) is 125 cm³/mol. The Morgan fingerprint density at radius 3 is 2.40 bits per heavy atom. The van der Waals surface area contributed by atoms with Crippen molar-refractivity contribution in [3.63, 3.8) is 0 Å². The molecule has 2 heterocycles. The van der Waals surface area contributed by atoms with Gasteiger partial charge in [-0.25, -0.2) is 9.67 Å². The number of fused-ring (bicyclic) bond motifs is 1. The summed E-state index contributed by atoms with van der Waals surface area (Å²) in [7, 11) is 0. The van der Waals surface area contributed by atoms with Crippen LogP contribution in [0.1, 0.15) is 41.4 Å². The van der Waals surface area contributed by atoms with Crippen LogP contribution in [0.3, 0.4) is 0 Å². The zero-order valence-electron chi connectivity index (χ0n) is 16.8. The number of hydrogen-bond donors (Lipinski definition) is 1. The van der Waals surface area contributed by atoms with Crippen LogP contribution in [-0.2, 0) is 0 Å². The normalized spacial score (nSPS) is 11.3. The summed E-state index contributed by atoms with van der Waals surface area (Å²) in [5.74, 6) is 0.128. The molecule has 5 nitrogen and oxygen atoms in total. The number of anilines is 1. The van der Waals surface area contributed by atoms with Gasteiger partial charge in [-0.2, -0.15) is 5.10 Å². The lowest BCUT2D eigenvalue weighted by Crippen LogP contribution is -2.13. The second-order valence-corrected chi connectivity index (χ2v) is 8.68. The van der Waals surface area contributed by atoms with Gasteiger partial charge < -0.3 is 5.32 Å². The molecule has 1 amide bonds. The number of aromatic nitrogens is 3. The molecule has 0 fully saturated rings. The Morgan fingerprint density at radius 1 is 1.10 bits per heavy atom. The maximum absolute atomic E-state index is 12.9. The average molecular weight is 484 g/mol. The van der Waals surface area contributed by atoms with Crippen molar-refractivity contribution >= 4 is 50.2 Å². The van der Waals surface area contributed by atoms with E-state index in [9.17, 15) is 4.79 Å². The zero-order valence-corrected chi connectivity index (χ0v) is 19.1. The molecule has 0 bridgehead atoms. The zero-order chi connectivity index (χ0) is 21.4. The van der Waals surface area contributed by atoms with E-state index in [1.165, 1.54) is 11.8 Å². The molecule has 0 unspecified atom stereocenters. The van der Waals surface area contributed by atoms with Crippen LogP contribution in [0.4, 0.5) is 5.69 Å². The summed E-state index contributed by atoms with van der Waals surface area (Å²) < 4.78 is 2.71. The predicted octanol–water partition coefficient (Wildman–Crippen LogP) is 6.52. The van der Waals surface area contributed by atoms with E-state index in [1.807, 2.05) is 55.5 Å². The van der Waals surface area contributed by atoms with E-state index in [-0.39, 0.29) is 5.91 Å². The number of pyridine rings is 1. The highest BCUT2D eigenvalue weighted by Gasteiger charge is 2.20. The van der Waals surface area contributed by atoms with E-state index in [0.29, 0.717) is 38.9 Å². The first kappa shape index (κ1) is 20.6. The summed E-state index contributed by atoms with van der Waals surface area (Å²) in [6.07, 6.45) is 1.50. The lowest BCUT2D eigenvalue weighted by molar-refractivity contribution is 0.102. The molecule has 4 rings (SSSR count). The third-order valence-electron chi connectivity index (χ3n) is 4.96. The number of carbonyl (C=O) groups is 1. The van der Waals surface area contributed by atoms with Crippen molar-refractivity contribution in [3.8, 4) is 5.69 Å². The molecule has 4 aromatic rings. The summed E-state index contributed by atoms with van der Waals surface area (Å²) in [5, 5.41) is 8.50. The maximum atomic E-state index is 12.9. The second-order valence-electron chi connectivity index (χ2n) is 7.39. The SMILES string of the molecule is Cc1nn(-c2ccc(Br)cc2)c2ncc(C(=O)Nc3ccc(C(C)C)cc3)c(Cl)c12. The topological polar surface area (TPSA) is 59.8 Å². The monoisotopic (exact) mass is 482 g/mol. The fourth-order valence-electron chi connectivity index (χ4n) is 3.28. The highest BCUT2D eigenvalue weighted by molar-refractivity contribution is 9.10. The number of amides is 1. The molecule has 0 atom stereocenters. The highest BCUT2D eigenvalue weighted by atomic mass is 79.9. The summed E-state index contributed by atoms with van der Waals surface area (Å²) in [4.78, 5) is 17.4. The minimum atomic E-state index is -0.303. The minimum Gasteiger partial charge on any atom is -0.322 e. The molecule has 2 aromatic heterocycles. The van der Waals surface area contributed by atoms with E-state index >= 15 is 0 Å². The van der Waals surface area contributed by atoms with E-state index in [1.54, 1.807) is 4.68 Å². The van der Waals surface area contributed by atoms with Gasteiger partial charge in [-0.3, -0.25) is 4.79 Å². The maximum Gasteiger partial charge on any atom is 0.258 e. The molecular weight excluding hydrogens is 464 g/mol. The number of aryl methyl sites for hydroxylation is 1. The average Bonchev–Trinajstić information content (AvgIpc) is 3.06. The van der Waals surface area contributed by atoms with Gasteiger partial charge in [0.2, 0.25) is 0 Å². The molecule has 0 aliphatic heterocycles. The van der Waals surface area contributed by atoms with Crippen molar-refractivity contribution in [1.82, 2.24) is 14.8 Å². The Kier molecular flexibility index (Phi) is 5.62. The van der Waals surface area contributed by atoms with Crippen LogP contribution in [0.25, 0.3) is 16.7 Å². The number of nitrogens with one attached hydrogen (secondary N) is 1. The molecule has 7 heteroatoms. The first-order chi connectivity index (χ1) is 14.3. The number of rotatable bonds is 4. The van der Waals surface area contributed by atoms with Crippen LogP contribution in [0.2, 0.25) is 5.02 Å². The number of hydrogen-bond acceptors (Lipinski definition) is 3. The van der Waals surface area contributed by atoms with Gasteiger partial charge in [0, 0.05) is 16.4 Å². The molecule has 30 heavy (non-hydrogen) atoms. The van der Waals surface area contributed by atoms with Gasteiger partial charge in [0.1, 0.15) is 0 Å². The van der Waals surface area contributed by atoms with Gasteiger partial charge in [0.15, 0.2) is 5.65 Å². The van der Waals surface area contributed by atoms with Crippen LogP contribution in [0.5, 0.6) is 0 Å². The first-order valence-corrected chi connectivity index (χ1v) is 10.7. The summed E-state index contributed by atoms with van der Waals surface area (Å²) in [6.45, 7) is 6.12. The molecule has 2 aromatic carbocycles. The fraction of sp³-hybridized carbons (Fsp3) is 0.174. The number of nitrogens with zero attached hydrogens (tertiary/aromatic N) is 3. The Hall–Kier alpha value is -2.70. The van der Waals surface area contributed by atoms with Crippen LogP contribution < -0.4 is 5.32 Å². The van der Waals surface area contributed by atoms with Gasteiger partial charge in [-0.05, 0) is 54.8 Å². The van der Waals surface area contributed by atoms with Crippen molar-refractivity contribution in [2.75, 3.05) is 5.32 Å². The third kappa shape index (κ3) is 3.85. The molecular formula is C23H20BrClN4O. The largest absolute Gasteiger partial charge is 0.322 e. The van der Waals surface area contributed by atoms with Crippen LogP contribution in [-0.4, -0.2) is 20.7 Å². The lowest BCUT2D eigenvalue weighted by Gasteiger charge is -2.10. The lowest BCUT2D eigenvalue weighted by atomic mass is 10.0. The van der Waals surface area contributed by atoms with E-state index in [0.717, 1.165) is 10.2 Å². The highest BCUT2D eigenvalue weighted by Crippen LogP contribution is 2.30. The van der Waals surface area contributed by atoms with Crippen LogP contribution >= 0.6 is 27.5 Å². The molecule has 0 saturated heterocycles. The molecule has 0 aliphatic rings. The van der Waals surface area contributed by atoms with Gasteiger partial charge in [0.05, 0.1) is 27.4 Å². The summed E-state index contributed by atoms with van der Waals surface area (Å²) in [5.41, 5.74) is 4.42. The van der Waals surface area contributed by atoms with Gasteiger partial charge >= 0.3 is 0 Å². The Labute approximate surface area is 188 Å². The van der Waals surface area contributed by atoms with Crippen molar-refractivity contribution in [1.29, 1.82) is 0 Å². The Balaban J connectivity index is 1.68. The Bertz CT molecular complexity index is 1230. The van der Waals surface area contributed by atoms with Crippen LogP contribution in [0, 0.1) is 6.92 Å². The van der Waals surface area contributed by atoms with Gasteiger partial charge in [-0.15, -0.1) is 0 Å². The standard InChI is InChI=1S/C23H20BrClN4O/c1-13(2)15-4-8-17(9-5-15)27-23(30)19-12-26-22-20(21(19)25)14(3)28-29(22)18-10-6-16(24)7-11-18/h4-13H,1-3H3,(H,27,30). The number of benzene rings is 2. The minimum absolute atomic E-state index is 0.303. The van der Waals surface area contributed by atoms with E-state index in [2.05, 4.69) is 45.2 Å². The number of carbonyl (C=O) groups excluding carboxylic acids is 1. The second kappa shape index (κ2) is 8.20. The van der Waals surface area contributed by atoms with Crippen molar-refractivity contribution in [3.05, 3.63) is 81.0 Å². The first-order valence-electron chi connectivity index (χ1n) is 9.56. The molecule has 0 saturated carbocycles. The molecule has 0 aliphatic carbocycles. The van der Waals surface area contributed by atoms with Gasteiger partial charge in [-0.1, -0.05) is 53.5 Å². The van der Waals surface area contributed by atoms with Gasteiger partial charge in [0.25, 0.3) is 5.91 Å². The summed E-state index contributed by atoms with van der Waals surface area (Å²) in [6, 6.07) is 15.6. The molecule has 1 N–H and O–H groups in total. The Morgan fingerprint density at radius 2 is 1.77 bits per heavy atom. The fourth-order valence-corrected chi connectivity index (χ4v) is 3.90. The third-order valence-corrected chi connectivity index (χ3v) is 5.88. The quantitative estimate of drug-likeness (QED) is 0.359.